The molecule has 1 aromatic rings. The molecule has 2 N–H and O–H groups in total. The SMILES string of the molecule is CCCn1cc(S(=O)(=O)NC2CCC(C)C2C)cc1CO. The van der Waals surface area contributed by atoms with Crippen LogP contribution in [0.5, 0.6) is 0 Å². The summed E-state index contributed by atoms with van der Waals surface area (Å²) in [7, 11) is -3.51. The molecular formula is C15H26N2O3S. The highest BCUT2D eigenvalue weighted by molar-refractivity contribution is 7.89. The van der Waals surface area contributed by atoms with Gasteiger partial charge in [0, 0.05) is 24.5 Å². The summed E-state index contributed by atoms with van der Waals surface area (Å²) in [5.41, 5.74) is 0.644. The second-order valence-corrected chi connectivity index (χ2v) is 7.87. The van der Waals surface area contributed by atoms with Crippen LogP contribution in [0.1, 0.15) is 45.7 Å². The molecule has 0 spiro atoms. The number of aliphatic hydroxyl groups excluding tert-OH is 1. The molecule has 1 heterocycles. The molecule has 0 radical (unpaired) electrons. The summed E-state index contributed by atoms with van der Waals surface area (Å²) in [6.45, 7) is 6.86. The first-order valence-corrected chi connectivity index (χ1v) is 9.19. The minimum absolute atomic E-state index is 0.0112. The Morgan fingerprint density at radius 3 is 2.62 bits per heavy atom. The summed E-state index contributed by atoms with van der Waals surface area (Å²) in [5, 5.41) is 9.35. The first-order chi connectivity index (χ1) is 9.89. The van der Waals surface area contributed by atoms with E-state index in [1.807, 2.05) is 11.5 Å². The Hall–Kier alpha value is -0.850. The normalized spacial score (nSPS) is 26.4. The van der Waals surface area contributed by atoms with Crippen molar-refractivity contribution in [3.8, 4) is 0 Å². The molecule has 3 unspecified atom stereocenters. The Morgan fingerprint density at radius 2 is 2.10 bits per heavy atom. The zero-order valence-electron chi connectivity index (χ0n) is 13.0. The van der Waals surface area contributed by atoms with Gasteiger partial charge in [0.1, 0.15) is 0 Å². The molecule has 0 aliphatic heterocycles. The number of aryl methyl sites for hydroxylation is 1. The van der Waals surface area contributed by atoms with E-state index in [0.717, 1.165) is 19.3 Å². The van der Waals surface area contributed by atoms with Crippen molar-refractivity contribution in [2.24, 2.45) is 11.8 Å². The molecule has 1 saturated carbocycles. The fourth-order valence-corrected chi connectivity index (χ4v) is 4.48. The highest BCUT2D eigenvalue weighted by atomic mass is 32.2. The Bertz CT molecular complexity index is 580. The molecule has 0 saturated heterocycles. The van der Waals surface area contributed by atoms with Gasteiger partial charge in [-0.25, -0.2) is 13.1 Å². The molecule has 0 amide bonds. The summed E-state index contributed by atoms with van der Waals surface area (Å²) in [6, 6.07) is 1.58. The van der Waals surface area contributed by atoms with Crippen molar-refractivity contribution in [3.63, 3.8) is 0 Å². The second kappa shape index (κ2) is 6.50. The zero-order chi connectivity index (χ0) is 15.6. The lowest BCUT2D eigenvalue weighted by Gasteiger charge is -2.19. The molecule has 1 aromatic heterocycles. The van der Waals surface area contributed by atoms with Crippen molar-refractivity contribution >= 4 is 10.0 Å². The van der Waals surface area contributed by atoms with E-state index in [9.17, 15) is 13.5 Å². The summed E-state index contributed by atoms with van der Waals surface area (Å²) >= 11 is 0. The third-order valence-corrected chi connectivity index (χ3v) is 6.13. The van der Waals surface area contributed by atoms with Gasteiger partial charge in [0.05, 0.1) is 11.5 Å². The highest BCUT2D eigenvalue weighted by Crippen LogP contribution is 2.32. The molecule has 5 nitrogen and oxygen atoms in total. The molecule has 120 valence electrons. The Kier molecular flexibility index (Phi) is 5.11. The minimum atomic E-state index is -3.51. The molecule has 3 atom stereocenters. The summed E-state index contributed by atoms with van der Waals surface area (Å²) < 4.78 is 29.7. The maximum absolute atomic E-state index is 12.5. The number of sulfonamides is 1. The van der Waals surface area contributed by atoms with Gasteiger partial charge < -0.3 is 9.67 Å². The number of nitrogens with zero attached hydrogens (tertiary/aromatic N) is 1. The van der Waals surface area contributed by atoms with Gasteiger partial charge in [-0.3, -0.25) is 0 Å². The minimum Gasteiger partial charge on any atom is -0.390 e. The van der Waals surface area contributed by atoms with Crippen molar-refractivity contribution < 1.29 is 13.5 Å². The van der Waals surface area contributed by atoms with Gasteiger partial charge >= 0.3 is 0 Å². The predicted octanol–water partition coefficient (Wildman–Crippen LogP) is 2.10. The lowest BCUT2D eigenvalue weighted by atomic mass is 9.98. The van der Waals surface area contributed by atoms with Gasteiger partial charge in [-0.1, -0.05) is 20.8 Å². The van der Waals surface area contributed by atoms with E-state index < -0.39 is 10.0 Å². The largest absolute Gasteiger partial charge is 0.390 e. The lowest BCUT2D eigenvalue weighted by Crippen LogP contribution is -2.37. The number of hydrogen-bond donors (Lipinski definition) is 2. The molecule has 1 aliphatic carbocycles. The fraction of sp³-hybridized carbons (Fsp3) is 0.733. The lowest BCUT2D eigenvalue weighted by molar-refractivity contribution is 0.270. The number of nitrogens with one attached hydrogen (secondary N) is 1. The standard InChI is InChI=1S/C15H26N2O3S/c1-4-7-17-9-14(8-13(17)10-18)21(19,20)16-15-6-5-11(2)12(15)3/h8-9,11-12,15-16,18H,4-7,10H2,1-3H3. The van der Waals surface area contributed by atoms with Crippen LogP contribution in [0.25, 0.3) is 0 Å². The van der Waals surface area contributed by atoms with E-state index in [-0.39, 0.29) is 17.5 Å². The Labute approximate surface area is 127 Å². The third-order valence-electron chi connectivity index (χ3n) is 4.67. The quantitative estimate of drug-likeness (QED) is 0.844. The van der Waals surface area contributed by atoms with Gasteiger partial charge in [0.15, 0.2) is 0 Å². The van der Waals surface area contributed by atoms with E-state index in [1.54, 1.807) is 12.3 Å². The van der Waals surface area contributed by atoms with Crippen molar-refractivity contribution in [1.82, 2.24) is 9.29 Å². The molecular weight excluding hydrogens is 288 g/mol. The maximum atomic E-state index is 12.5. The van der Waals surface area contributed by atoms with Crippen LogP contribution in [0.3, 0.4) is 0 Å². The van der Waals surface area contributed by atoms with Crippen LogP contribution in [0, 0.1) is 11.8 Å². The number of aliphatic hydroxyl groups is 1. The smallest absolute Gasteiger partial charge is 0.242 e. The van der Waals surface area contributed by atoms with Gasteiger partial charge in [-0.2, -0.15) is 0 Å². The van der Waals surface area contributed by atoms with E-state index in [4.69, 9.17) is 0 Å². The van der Waals surface area contributed by atoms with Crippen LogP contribution in [0.15, 0.2) is 17.2 Å². The van der Waals surface area contributed by atoms with Crippen LogP contribution in [-0.2, 0) is 23.2 Å². The average Bonchev–Trinajstić information content (AvgIpc) is 2.98. The topological polar surface area (TPSA) is 71.3 Å². The van der Waals surface area contributed by atoms with Crippen molar-refractivity contribution in [2.75, 3.05) is 0 Å². The second-order valence-electron chi connectivity index (χ2n) is 6.16. The molecule has 21 heavy (non-hydrogen) atoms. The molecule has 1 aliphatic rings. The van der Waals surface area contributed by atoms with E-state index >= 15 is 0 Å². The molecule has 1 fully saturated rings. The number of rotatable bonds is 6. The molecule has 0 bridgehead atoms. The van der Waals surface area contributed by atoms with Gasteiger partial charge in [-0.05, 0) is 37.2 Å². The predicted molar refractivity (Wildman–Crippen MR) is 82.3 cm³/mol. The van der Waals surface area contributed by atoms with E-state index in [2.05, 4.69) is 18.6 Å². The molecule has 2 rings (SSSR count). The van der Waals surface area contributed by atoms with Gasteiger partial charge in [0.2, 0.25) is 10.0 Å². The van der Waals surface area contributed by atoms with Gasteiger partial charge in [-0.15, -0.1) is 0 Å². The Morgan fingerprint density at radius 1 is 1.38 bits per heavy atom. The summed E-state index contributed by atoms with van der Waals surface area (Å²) in [5.74, 6) is 0.908. The first kappa shape index (κ1) is 16.5. The van der Waals surface area contributed by atoms with Crippen LogP contribution in [0.2, 0.25) is 0 Å². The van der Waals surface area contributed by atoms with Crippen LogP contribution < -0.4 is 4.72 Å². The Balaban J connectivity index is 2.19. The van der Waals surface area contributed by atoms with Gasteiger partial charge in [0.25, 0.3) is 0 Å². The number of aromatic nitrogens is 1. The summed E-state index contributed by atoms with van der Waals surface area (Å²) in [4.78, 5) is 0.256. The fourth-order valence-electron chi connectivity index (χ4n) is 3.05. The van der Waals surface area contributed by atoms with Crippen molar-refractivity contribution in [3.05, 3.63) is 18.0 Å². The maximum Gasteiger partial charge on any atom is 0.242 e. The van der Waals surface area contributed by atoms with Crippen LogP contribution >= 0.6 is 0 Å². The van der Waals surface area contributed by atoms with Crippen molar-refractivity contribution in [1.29, 1.82) is 0 Å². The van der Waals surface area contributed by atoms with Crippen LogP contribution in [0.4, 0.5) is 0 Å². The molecule has 6 heteroatoms. The molecule has 0 aromatic carbocycles. The highest BCUT2D eigenvalue weighted by Gasteiger charge is 2.33. The zero-order valence-corrected chi connectivity index (χ0v) is 13.9. The monoisotopic (exact) mass is 314 g/mol. The van der Waals surface area contributed by atoms with E-state index in [0.29, 0.717) is 24.1 Å². The number of hydrogen-bond acceptors (Lipinski definition) is 3. The van der Waals surface area contributed by atoms with E-state index in [1.165, 1.54) is 0 Å². The third kappa shape index (κ3) is 3.49. The average molecular weight is 314 g/mol. The summed E-state index contributed by atoms with van der Waals surface area (Å²) in [6.07, 6.45) is 4.48. The first-order valence-electron chi connectivity index (χ1n) is 7.71. The van der Waals surface area contributed by atoms with Crippen LogP contribution in [-0.4, -0.2) is 24.1 Å². The van der Waals surface area contributed by atoms with Crippen molar-refractivity contribution in [2.45, 2.75) is 64.1 Å².